The Bertz CT molecular complexity index is 1010. The molecule has 1 atom stereocenters. The Balaban J connectivity index is 2.11. The first-order valence-electron chi connectivity index (χ1n) is 10.6. The molecule has 0 radical (unpaired) electrons. The van der Waals surface area contributed by atoms with Gasteiger partial charge in [-0.25, -0.2) is 4.39 Å². The highest BCUT2D eigenvalue weighted by Crippen LogP contribution is 2.40. The summed E-state index contributed by atoms with van der Waals surface area (Å²) in [7, 11) is 0. The molecule has 2 aromatic rings. The molecule has 3 rings (SSSR count). The van der Waals surface area contributed by atoms with Crippen molar-refractivity contribution in [2.24, 2.45) is 0 Å². The largest absolute Gasteiger partial charge is 0.507 e. The molecular formula is C25H28FNO4. The Morgan fingerprint density at radius 1 is 1.16 bits per heavy atom. The van der Waals surface area contributed by atoms with Gasteiger partial charge in [-0.05, 0) is 68.7 Å². The van der Waals surface area contributed by atoms with E-state index in [1.165, 1.54) is 17.0 Å². The van der Waals surface area contributed by atoms with Crippen LogP contribution in [0.15, 0.2) is 48.0 Å². The highest BCUT2D eigenvalue weighted by atomic mass is 19.1. The predicted octanol–water partition coefficient (Wildman–Crippen LogP) is 5.14. The van der Waals surface area contributed by atoms with Gasteiger partial charge >= 0.3 is 0 Å². The molecule has 31 heavy (non-hydrogen) atoms. The van der Waals surface area contributed by atoms with Crippen LogP contribution in [0.3, 0.4) is 0 Å². The second kappa shape index (κ2) is 9.33. The van der Waals surface area contributed by atoms with E-state index in [-0.39, 0.29) is 17.4 Å². The Morgan fingerprint density at radius 3 is 2.42 bits per heavy atom. The number of nitrogens with zero attached hydrogens (tertiary/aromatic N) is 1. The van der Waals surface area contributed by atoms with Gasteiger partial charge < -0.3 is 14.7 Å². The van der Waals surface area contributed by atoms with Gasteiger partial charge in [0.1, 0.15) is 17.3 Å². The summed E-state index contributed by atoms with van der Waals surface area (Å²) in [6.07, 6.45) is 1.56. The fourth-order valence-electron chi connectivity index (χ4n) is 3.77. The standard InChI is InChI=1S/C25H28FNO4/c1-5-6-13-27-22(17-7-10-19(26)11-8-17)21(24(29)25(27)30)23(28)18-9-12-20(16(4)14-18)31-15(2)3/h7-12,14-15,22,28H,5-6,13H2,1-4H3/b23-21-. The summed E-state index contributed by atoms with van der Waals surface area (Å²) < 4.78 is 19.2. The number of carbonyl (C=O) groups is 2. The van der Waals surface area contributed by atoms with Crippen molar-refractivity contribution in [3.8, 4) is 5.75 Å². The molecule has 0 aromatic heterocycles. The quantitative estimate of drug-likeness (QED) is 0.379. The van der Waals surface area contributed by atoms with Crippen LogP contribution >= 0.6 is 0 Å². The fraction of sp³-hybridized carbons (Fsp3) is 0.360. The molecule has 0 aliphatic carbocycles. The number of amides is 1. The van der Waals surface area contributed by atoms with E-state index in [2.05, 4.69) is 0 Å². The van der Waals surface area contributed by atoms with Gasteiger partial charge in [-0.3, -0.25) is 9.59 Å². The van der Waals surface area contributed by atoms with Crippen molar-refractivity contribution in [3.63, 3.8) is 0 Å². The predicted molar refractivity (Wildman–Crippen MR) is 117 cm³/mol. The van der Waals surface area contributed by atoms with Crippen molar-refractivity contribution < 1.29 is 23.8 Å². The molecule has 1 saturated heterocycles. The van der Waals surface area contributed by atoms with Crippen molar-refractivity contribution >= 4 is 17.4 Å². The first-order chi connectivity index (χ1) is 14.7. The number of aliphatic hydroxyl groups is 1. The van der Waals surface area contributed by atoms with Gasteiger partial charge in [0.2, 0.25) is 0 Å². The van der Waals surface area contributed by atoms with Crippen LogP contribution in [0.5, 0.6) is 5.75 Å². The molecule has 1 amide bonds. The van der Waals surface area contributed by atoms with E-state index in [9.17, 15) is 19.1 Å². The molecule has 6 heteroatoms. The maximum absolute atomic E-state index is 13.5. The second-order valence-electron chi connectivity index (χ2n) is 8.04. The molecule has 1 N–H and O–H groups in total. The van der Waals surface area contributed by atoms with Gasteiger partial charge in [0, 0.05) is 12.1 Å². The summed E-state index contributed by atoms with van der Waals surface area (Å²) in [6, 6.07) is 10.0. The summed E-state index contributed by atoms with van der Waals surface area (Å²) in [5.41, 5.74) is 1.82. The van der Waals surface area contributed by atoms with E-state index in [0.717, 1.165) is 12.0 Å². The number of hydrogen-bond acceptors (Lipinski definition) is 4. The van der Waals surface area contributed by atoms with E-state index in [4.69, 9.17) is 4.74 Å². The molecule has 1 unspecified atom stereocenters. The topological polar surface area (TPSA) is 66.8 Å². The van der Waals surface area contributed by atoms with Crippen LogP contribution < -0.4 is 4.74 Å². The zero-order valence-corrected chi connectivity index (χ0v) is 18.3. The number of ketones is 1. The van der Waals surface area contributed by atoms with E-state index in [1.54, 1.807) is 30.3 Å². The average Bonchev–Trinajstić information content (AvgIpc) is 2.98. The van der Waals surface area contributed by atoms with Gasteiger partial charge in [0.05, 0.1) is 17.7 Å². The Hall–Kier alpha value is -3.15. The first kappa shape index (κ1) is 22.5. The van der Waals surface area contributed by atoms with Gasteiger partial charge in [0.25, 0.3) is 11.7 Å². The van der Waals surface area contributed by atoms with Crippen LogP contribution in [0.25, 0.3) is 5.76 Å². The number of carbonyl (C=O) groups excluding carboxylic acids is 2. The molecule has 164 valence electrons. The average molecular weight is 426 g/mol. The van der Waals surface area contributed by atoms with Crippen LogP contribution in [0, 0.1) is 12.7 Å². The fourth-order valence-corrected chi connectivity index (χ4v) is 3.77. The number of aliphatic hydroxyl groups excluding tert-OH is 1. The lowest BCUT2D eigenvalue weighted by Crippen LogP contribution is -2.30. The van der Waals surface area contributed by atoms with Crippen LogP contribution in [0.1, 0.15) is 56.3 Å². The van der Waals surface area contributed by atoms with Crippen LogP contribution in [-0.4, -0.2) is 34.3 Å². The molecule has 0 bridgehead atoms. The summed E-state index contributed by atoms with van der Waals surface area (Å²) in [6.45, 7) is 8.07. The molecular weight excluding hydrogens is 397 g/mol. The van der Waals surface area contributed by atoms with Crippen molar-refractivity contribution in [3.05, 3.63) is 70.5 Å². The van der Waals surface area contributed by atoms with E-state index < -0.39 is 23.5 Å². The number of Topliss-reactive ketones (excluding diaryl/α,β-unsaturated/α-hetero) is 1. The third-order valence-corrected chi connectivity index (χ3v) is 5.29. The molecule has 1 heterocycles. The summed E-state index contributed by atoms with van der Waals surface area (Å²) in [5.74, 6) is -1.36. The van der Waals surface area contributed by atoms with Gasteiger partial charge in [-0.1, -0.05) is 25.5 Å². The smallest absolute Gasteiger partial charge is 0.295 e. The van der Waals surface area contributed by atoms with E-state index in [0.29, 0.717) is 29.8 Å². The van der Waals surface area contributed by atoms with Crippen LogP contribution in [-0.2, 0) is 9.59 Å². The van der Waals surface area contributed by atoms with Gasteiger partial charge in [-0.15, -0.1) is 0 Å². The minimum Gasteiger partial charge on any atom is -0.507 e. The number of halogens is 1. The van der Waals surface area contributed by atoms with Crippen LogP contribution in [0.4, 0.5) is 4.39 Å². The van der Waals surface area contributed by atoms with Crippen molar-refractivity contribution in [2.45, 2.75) is 52.7 Å². The SMILES string of the molecule is CCCCN1C(=O)C(=O)/C(=C(\O)c2ccc(OC(C)C)c(C)c2)C1c1ccc(F)cc1. The minimum absolute atomic E-state index is 0.000475. The number of benzene rings is 2. The Morgan fingerprint density at radius 2 is 1.84 bits per heavy atom. The summed E-state index contributed by atoms with van der Waals surface area (Å²) in [4.78, 5) is 27.2. The molecule has 1 aliphatic heterocycles. The number of hydrogen-bond donors (Lipinski definition) is 1. The second-order valence-corrected chi connectivity index (χ2v) is 8.04. The van der Waals surface area contributed by atoms with E-state index >= 15 is 0 Å². The van der Waals surface area contributed by atoms with E-state index in [1.807, 2.05) is 27.7 Å². The Kier molecular flexibility index (Phi) is 6.78. The molecule has 1 fully saturated rings. The van der Waals surface area contributed by atoms with Gasteiger partial charge in [-0.2, -0.15) is 0 Å². The molecule has 0 saturated carbocycles. The Labute approximate surface area is 182 Å². The summed E-state index contributed by atoms with van der Waals surface area (Å²) >= 11 is 0. The number of unbranched alkanes of at least 4 members (excludes halogenated alkanes) is 1. The molecule has 0 spiro atoms. The lowest BCUT2D eigenvalue weighted by atomic mass is 9.94. The number of likely N-dealkylation sites (tertiary alicyclic amines) is 1. The monoisotopic (exact) mass is 425 g/mol. The van der Waals surface area contributed by atoms with Gasteiger partial charge in [0.15, 0.2) is 0 Å². The van der Waals surface area contributed by atoms with Crippen LogP contribution in [0.2, 0.25) is 0 Å². The third-order valence-electron chi connectivity index (χ3n) is 5.29. The number of ether oxygens (including phenoxy) is 1. The lowest BCUT2D eigenvalue weighted by molar-refractivity contribution is -0.139. The van der Waals surface area contributed by atoms with Crippen molar-refractivity contribution in [1.82, 2.24) is 4.90 Å². The van der Waals surface area contributed by atoms with Crippen molar-refractivity contribution in [2.75, 3.05) is 6.54 Å². The highest BCUT2D eigenvalue weighted by molar-refractivity contribution is 6.46. The van der Waals surface area contributed by atoms with Crippen molar-refractivity contribution in [1.29, 1.82) is 0 Å². The normalized spacial score (nSPS) is 18.1. The first-order valence-corrected chi connectivity index (χ1v) is 10.6. The third kappa shape index (κ3) is 4.63. The number of aryl methyl sites for hydroxylation is 1. The zero-order chi connectivity index (χ0) is 22.7. The molecule has 1 aliphatic rings. The highest BCUT2D eigenvalue weighted by Gasteiger charge is 2.45. The summed E-state index contributed by atoms with van der Waals surface area (Å²) in [5, 5.41) is 11.1. The number of rotatable bonds is 7. The lowest BCUT2D eigenvalue weighted by Gasteiger charge is -2.25. The maximum Gasteiger partial charge on any atom is 0.295 e. The zero-order valence-electron chi connectivity index (χ0n) is 18.3. The maximum atomic E-state index is 13.5. The molecule has 5 nitrogen and oxygen atoms in total. The minimum atomic E-state index is -0.765. The molecule has 2 aromatic carbocycles.